The number of carbonyl (C=O) groups is 1. The Kier molecular flexibility index (Phi) is 2.48. The van der Waals surface area contributed by atoms with Crippen LogP contribution in [-0.4, -0.2) is 22.8 Å². The third-order valence-corrected chi connectivity index (χ3v) is 3.05. The highest BCUT2D eigenvalue weighted by atomic mass is 16.4. The molecule has 74 valence electrons. The van der Waals surface area contributed by atoms with E-state index in [1.165, 1.54) is 0 Å². The van der Waals surface area contributed by atoms with E-state index in [4.69, 9.17) is 10.2 Å². The Bertz CT molecular complexity index is 253. The third kappa shape index (κ3) is 1.48. The molecule has 2 atom stereocenters. The Morgan fingerprint density at radius 1 is 1.46 bits per heavy atom. The molecule has 1 rings (SSSR count). The van der Waals surface area contributed by atoms with Crippen LogP contribution in [-0.2, 0) is 4.79 Å². The van der Waals surface area contributed by atoms with Gasteiger partial charge in [-0.2, -0.15) is 0 Å². The quantitative estimate of drug-likeness (QED) is 0.650. The number of aliphatic hydroxyl groups is 1. The van der Waals surface area contributed by atoms with Gasteiger partial charge in [0, 0.05) is 5.92 Å². The lowest BCUT2D eigenvalue weighted by molar-refractivity contribution is -0.139. The van der Waals surface area contributed by atoms with Crippen molar-refractivity contribution in [1.82, 2.24) is 0 Å². The summed E-state index contributed by atoms with van der Waals surface area (Å²) in [5, 5.41) is 17.9. The predicted octanol–water partition coefficient (Wildman–Crippen LogP) is 1.28. The fraction of sp³-hybridized carbons (Fsp3) is 0.700. The largest absolute Gasteiger partial charge is 0.481 e. The van der Waals surface area contributed by atoms with E-state index in [-0.39, 0.29) is 23.9 Å². The second kappa shape index (κ2) is 3.14. The molecule has 0 aliphatic heterocycles. The van der Waals surface area contributed by atoms with Crippen LogP contribution in [0, 0.1) is 17.3 Å². The molecule has 3 heteroatoms. The molecule has 0 saturated heterocycles. The highest BCUT2D eigenvalue weighted by molar-refractivity contribution is 5.76. The Balaban J connectivity index is 2.81. The summed E-state index contributed by atoms with van der Waals surface area (Å²) < 4.78 is 0. The maximum atomic E-state index is 10.8. The first-order valence-electron chi connectivity index (χ1n) is 4.45. The molecular formula is C10H16O3. The molecule has 2 unspecified atom stereocenters. The molecule has 0 amide bonds. The van der Waals surface area contributed by atoms with Crippen molar-refractivity contribution in [1.29, 1.82) is 0 Å². The summed E-state index contributed by atoms with van der Waals surface area (Å²) in [5.74, 6) is -1.08. The lowest BCUT2D eigenvalue weighted by Crippen LogP contribution is -2.03. The molecule has 0 spiro atoms. The predicted molar refractivity (Wildman–Crippen MR) is 49.2 cm³/mol. The molecule has 3 nitrogen and oxygen atoms in total. The van der Waals surface area contributed by atoms with Crippen LogP contribution >= 0.6 is 0 Å². The van der Waals surface area contributed by atoms with E-state index in [0.717, 1.165) is 5.57 Å². The second-order valence-corrected chi connectivity index (χ2v) is 4.14. The Labute approximate surface area is 78.1 Å². The SMILES string of the molecule is CC=C(CO)C1C(C(=O)O)C1(C)C. The van der Waals surface area contributed by atoms with Crippen LogP contribution in [0.15, 0.2) is 11.6 Å². The molecule has 13 heavy (non-hydrogen) atoms. The number of aliphatic hydroxyl groups excluding tert-OH is 1. The lowest BCUT2D eigenvalue weighted by atomic mass is 10.0. The van der Waals surface area contributed by atoms with Crippen LogP contribution in [0.5, 0.6) is 0 Å². The second-order valence-electron chi connectivity index (χ2n) is 4.14. The summed E-state index contributed by atoms with van der Waals surface area (Å²) in [7, 11) is 0. The Morgan fingerprint density at radius 3 is 2.23 bits per heavy atom. The van der Waals surface area contributed by atoms with Gasteiger partial charge in [-0.05, 0) is 17.9 Å². The minimum Gasteiger partial charge on any atom is -0.481 e. The smallest absolute Gasteiger partial charge is 0.307 e. The van der Waals surface area contributed by atoms with E-state index in [1.54, 1.807) is 0 Å². The van der Waals surface area contributed by atoms with Crippen molar-refractivity contribution in [2.24, 2.45) is 17.3 Å². The van der Waals surface area contributed by atoms with Crippen LogP contribution in [0.3, 0.4) is 0 Å². The lowest BCUT2D eigenvalue weighted by Gasteiger charge is -2.03. The van der Waals surface area contributed by atoms with Gasteiger partial charge in [0.05, 0.1) is 12.5 Å². The first kappa shape index (κ1) is 10.3. The highest BCUT2D eigenvalue weighted by Crippen LogP contribution is 2.61. The van der Waals surface area contributed by atoms with E-state index in [9.17, 15) is 4.79 Å². The van der Waals surface area contributed by atoms with Crippen LogP contribution in [0.2, 0.25) is 0 Å². The van der Waals surface area contributed by atoms with Gasteiger partial charge in [-0.15, -0.1) is 0 Å². The Morgan fingerprint density at radius 2 is 2.00 bits per heavy atom. The zero-order valence-corrected chi connectivity index (χ0v) is 8.24. The third-order valence-electron chi connectivity index (χ3n) is 3.05. The number of rotatable bonds is 3. The standard InChI is InChI=1S/C10H16O3/c1-4-6(5-11)7-8(9(12)13)10(7,2)3/h4,7-8,11H,5H2,1-3H3,(H,12,13). The zero-order valence-electron chi connectivity index (χ0n) is 8.24. The van der Waals surface area contributed by atoms with Crippen LogP contribution in [0.1, 0.15) is 20.8 Å². The Hall–Kier alpha value is -0.830. The van der Waals surface area contributed by atoms with Crippen LogP contribution in [0.4, 0.5) is 0 Å². The molecule has 1 saturated carbocycles. The summed E-state index contributed by atoms with van der Waals surface area (Å²) in [5.41, 5.74) is 0.647. The van der Waals surface area contributed by atoms with E-state index in [0.29, 0.717) is 0 Å². The average molecular weight is 184 g/mol. The molecule has 0 radical (unpaired) electrons. The van der Waals surface area contributed by atoms with Gasteiger partial charge in [0.2, 0.25) is 0 Å². The molecule has 0 aromatic rings. The van der Waals surface area contributed by atoms with Gasteiger partial charge in [0.25, 0.3) is 0 Å². The normalized spacial score (nSPS) is 31.5. The van der Waals surface area contributed by atoms with Crippen molar-refractivity contribution in [2.75, 3.05) is 6.61 Å². The summed E-state index contributed by atoms with van der Waals surface area (Å²) in [6.07, 6.45) is 1.81. The fourth-order valence-corrected chi connectivity index (χ4v) is 2.16. The number of carboxylic acids is 1. The van der Waals surface area contributed by atoms with E-state index in [2.05, 4.69) is 0 Å². The summed E-state index contributed by atoms with van der Waals surface area (Å²) in [6, 6.07) is 0. The van der Waals surface area contributed by atoms with Gasteiger partial charge in [0.15, 0.2) is 0 Å². The average Bonchev–Trinajstić information content (AvgIpc) is 2.57. The monoisotopic (exact) mass is 184 g/mol. The number of hydrogen-bond acceptors (Lipinski definition) is 2. The zero-order chi connectivity index (χ0) is 10.2. The highest BCUT2D eigenvalue weighted by Gasteiger charge is 2.63. The molecule has 1 aliphatic carbocycles. The van der Waals surface area contributed by atoms with Gasteiger partial charge in [0.1, 0.15) is 0 Å². The molecule has 0 heterocycles. The molecule has 0 aromatic carbocycles. The molecule has 0 bridgehead atoms. The molecule has 1 fully saturated rings. The number of hydrogen-bond donors (Lipinski definition) is 2. The number of carboxylic acid groups (broad SMARTS) is 1. The van der Waals surface area contributed by atoms with Crippen molar-refractivity contribution in [3.63, 3.8) is 0 Å². The number of aliphatic carboxylic acids is 1. The van der Waals surface area contributed by atoms with E-state index in [1.807, 2.05) is 26.8 Å². The summed E-state index contributed by atoms with van der Waals surface area (Å²) >= 11 is 0. The van der Waals surface area contributed by atoms with Gasteiger partial charge in [-0.1, -0.05) is 19.9 Å². The van der Waals surface area contributed by atoms with Crippen LogP contribution < -0.4 is 0 Å². The first-order valence-corrected chi connectivity index (χ1v) is 4.45. The molecule has 1 aliphatic rings. The minimum absolute atomic E-state index is 0.0139. The van der Waals surface area contributed by atoms with Crippen LogP contribution in [0.25, 0.3) is 0 Å². The number of allylic oxidation sites excluding steroid dienone is 1. The van der Waals surface area contributed by atoms with Crippen molar-refractivity contribution < 1.29 is 15.0 Å². The maximum absolute atomic E-state index is 10.8. The van der Waals surface area contributed by atoms with Crippen molar-refractivity contribution in [3.05, 3.63) is 11.6 Å². The van der Waals surface area contributed by atoms with E-state index >= 15 is 0 Å². The molecule has 0 aromatic heterocycles. The van der Waals surface area contributed by atoms with Crippen molar-refractivity contribution in [2.45, 2.75) is 20.8 Å². The molecular weight excluding hydrogens is 168 g/mol. The minimum atomic E-state index is -0.761. The van der Waals surface area contributed by atoms with Gasteiger partial charge >= 0.3 is 5.97 Å². The topological polar surface area (TPSA) is 57.5 Å². The van der Waals surface area contributed by atoms with Gasteiger partial charge < -0.3 is 10.2 Å². The molecule has 2 N–H and O–H groups in total. The van der Waals surface area contributed by atoms with Gasteiger partial charge in [-0.25, -0.2) is 0 Å². The van der Waals surface area contributed by atoms with Gasteiger partial charge in [-0.3, -0.25) is 4.79 Å². The van der Waals surface area contributed by atoms with E-state index < -0.39 is 5.97 Å². The summed E-state index contributed by atoms with van der Waals surface area (Å²) in [4.78, 5) is 10.8. The van der Waals surface area contributed by atoms with Crippen molar-refractivity contribution >= 4 is 5.97 Å². The maximum Gasteiger partial charge on any atom is 0.307 e. The summed E-state index contributed by atoms with van der Waals surface area (Å²) in [6.45, 7) is 5.65. The first-order chi connectivity index (χ1) is 5.96. The fourth-order valence-electron chi connectivity index (χ4n) is 2.16. The van der Waals surface area contributed by atoms with Crippen molar-refractivity contribution in [3.8, 4) is 0 Å².